The molecule has 4 rings (SSSR count). The van der Waals surface area contributed by atoms with Crippen molar-refractivity contribution in [3.05, 3.63) is 72.3 Å². The van der Waals surface area contributed by atoms with Gasteiger partial charge in [-0.05, 0) is 30.5 Å². The number of hydrogen-bond donors (Lipinski definition) is 1. The van der Waals surface area contributed by atoms with Crippen LogP contribution >= 0.6 is 0 Å². The summed E-state index contributed by atoms with van der Waals surface area (Å²) in [5, 5.41) is 5.04. The Labute approximate surface area is 152 Å². The molecule has 0 unspecified atom stereocenters. The van der Waals surface area contributed by atoms with E-state index in [0.29, 0.717) is 6.54 Å². The van der Waals surface area contributed by atoms with Gasteiger partial charge in [-0.25, -0.2) is 0 Å². The topological polar surface area (TPSA) is 49.4 Å². The maximum atomic E-state index is 12.6. The molecule has 1 heterocycles. The van der Waals surface area contributed by atoms with Crippen LogP contribution in [0.3, 0.4) is 0 Å². The summed E-state index contributed by atoms with van der Waals surface area (Å²) in [5.74, 6) is -0.460. The van der Waals surface area contributed by atoms with Crippen molar-refractivity contribution >= 4 is 34.0 Å². The molecule has 0 radical (unpaired) electrons. The lowest BCUT2D eigenvalue weighted by molar-refractivity contribution is -0.122. The Kier molecular flexibility index (Phi) is 4.17. The average Bonchev–Trinajstić information content (AvgIpc) is 3.05. The number of carbonyl (C=O) groups is 2. The summed E-state index contributed by atoms with van der Waals surface area (Å²) in [6.45, 7) is 2.41. The van der Waals surface area contributed by atoms with Crippen LogP contribution < -0.4 is 10.2 Å². The number of benzene rings is 3. The fourth-order valence-corrected chi connectivity index (χ4v) is 3.44. The predicted molar refractivity (Wildman–Crippen MR) is 104 cm³/mol. The van der Waals surface area contributed by atoms with E-state index in [1.54, 1.807) is 4.90 Å². The van der Waals surface area contributed by atoms with Gasteiger partial charge in [0.1, 0.15) is 0 Å². The van der Waals surface area contributed by atoms with Crippen LogP contribution in [0.15, 0.2) is 66.7 Å². The van der Waals surface area contributed by atoms with Crippen LogP contribution in [0, 0.1) is 12.8 Å². The first-order valence-corrected chi connectivity index (χ1v) is 8.77. The van der Waals surface area contributed by atoms with E-state index in [4.69, 9.17) is 0 Å². The number of fused-ring (bicyclic) bond motifs is 1. The van der Waals surface area contributed by atoms with Crippen LogP contribution in [0.2, 0.25) is 0 Å². The molecule has 2 amide bonds. The molecule has 0 aromatic heterocycles. The molecule has 1 fully saturated rings. The Morgan fingerprint density at radius 2 is 1.73 bits per heavy atom. The molecule has 1 aliphatic rings. The SMILES string of the molecule is Cc1ccc(NC(=O)[C@H]2CC(=O)N(c3cccc4ccccc34)C2)cc1. The molecule has 0 saturated carbocycles. The third-order valence-corrected chi connectivity index (χ3v) is 4.87. The maximum absolute atomic E-state index is 12.6. The third kappa shape index (κ3) is 3.06. The molecule has 130 valence electrons. The normalized spacial score (nSPS) is 16.9. The Morgan fingerprint density at radius 1 is 1.00 bits per heavy atom. The molecule has 1 atom stereocenters. The van der Waals surface area contributed by atoms with Gasteiger partial charge < -0.3 is 10.2 Å². The van der Waals surface area contributed by atoms with E-state index in [1.165, 1.54) is 0 Å². The Morgan fingerprint density at radius 3 is 2.54 bits per heavy atom. The van der Waals surface area contributed by atoms with Gasteiger partial charge in [0.15, 0.2) is 0 Å². The van der Waals surface area contributed by atoms with Crippen LogP contribution in [0.25, 0.3) is 10.8 Å². The Balaban J connectivity index is 1.55. The molecule has 1 aliphatic heterocycles. The lowest BCUT2D eigenvalue weighted by Gasteiger charge is -2.19. The van der Waals surface area contributed by atoms with Crippen molar-refractivity contribution in [2.45, 2.75) is 13.3 Å². The van der Waals surface area contributed by atoms with Crippen LogP contribution in [0.1, 0.15) is 12.0 Å². The maximum Gasteiger partial charge on any atom is 0.229 e. The van der Waals surface area contributed by atoms with Gasteiger partial charge in [0.2, 0.25) is 11.8 Å². The van der Waals surface area contributed by atoms with Gasteiger partial charge in [-0.1, -0.05) is 54.1 Å². The molecule has 0 aliphatic carbocycles. The molecule has 26 heavy (non-hydrogen) atoms. The first-order chi connectivity index (χ1) is 12.6. The molecular formula is C22H20N2O2. The van der Waals surface area contributed by atoms with E-state index in [2.05, 4.69) is 5.32 Å². The summed E-state index contributed by atoms with van der Waals surface area (Å²) in [7, 11) is 0. The smallest absolute Gasteiger partial charge is 0.229 e. The highest BCUT2D eigenvalue weighted by Gasteiger charge is 2.35. The van der Waals surface area contributed by atoms with Crippen molar-refractivity contribution in [2.75, 3.05) is 16.8 Å². The van der Waals surface area contributed by atoms with Gasteiger partial charge in [-0.2, -0.15) is 0 Å². The summed E-state index contributed by atoms with van der Waals surface area (Å²) < 4.78 is 0. The van der Waals surface area contributed by atoms with Crippen molar-refractivity contribution in [2.24, 2.45) is 5.92 Å². The van der Waals surface area contributed by atoms with Crippen LogP contribution in [-0.4, -0.2) is 18.4 Å². The number of amides is 2. The molecule has 3 aromatic rings. The number of aryl methyl sites for hydroxylation is 1. The zero-order chi connectivity index (χ0) is 18.1. The third-order valence-electron chi connectivity index (χ3n) is 4.87. The van der Waals surface area contributed by atoms with Crippen molar-refractivity contribution in [1.29, 1.82) is 0 Å². The molecule has 0 spiro atoms. The second-order valence-electron chi connectivity index (χ2n) is 6.76. The second kappa shape index (κ2) is 6.64. The first kappa shape index (κ1) is 16.3. The minimum Gasteiger partial charge on any atom is -0.326 e. The minimum absolute atomic E-state index is 0.00888. The summed E-state index contributed by atoms with van der Waals surface area (Å²) in [5.41, 5.74) is 2.77. The zero-order valence-electron chi connectivity index (χ0n) is 14.6. The number of hydrogen-bond acceptors (Lipinski definition) is 2. The van der Waals surface area contributed by atoms with Crippen LogP contribution in [0.5, 0.6) is 0 Å². The Bertz CT molecular complexity index is 974. The van der Waals surface area contributed by atoms with Gasteiger partial charge in [0, 0.05) is 24.0 Å². The van der Waals surface area contributed by atoms with Gasteiger partial charge in [-0.3, -0.25) is 9.59 Å². The number of nitrogens with zero attached hydrogens (tertiary/aromatic N) is 1. The predicted octanol–water partition coefficient (Wildman–Crippen LogP) is 4.14. The van der Waals surface area contributed by atoms with E-state index in [9.17, 15) is 9.59 Å². The summed E-state index contributed by atoms with van der Waals surface area (Å²) in [4.78, 5) is 26.9. The fraction of sp³-hybridized carbons (Fsp3) is 0.182. The standard InChI is InChI=1S/C22H20N2O2/c1-15-9-11-18(12-10-15)23-22(26)17-13-21(25)24(14-17)20-8-4-6-16-5-2-3-7-19(16)20/h2-12,17H,13-14H2,1H3,(H,23,26)/t17-/m0/s1. The molecule has 1 N–H and O–H groups in total. The molecule has 4 heteroatoms. The monoisotopic (exact) mass is 344 g/mol. The van der Waals surface area contributed by atoms with E-state index >= 15 is 0 Å². The zero-order valence-corrected chi connectivity index (χ0v) is 14.6. The Hall–Kier alpha value is -3.14. The summed E-state index contributed by atoms with van der Waals surface area (Å²) in [6.07, 6.45) is 0.237. The van der Waals surface area contributed by atoms with Crippen LogP contribution in [0.4, 0.5) is 11.4 Å². The van der Waals surface area contributed by atoms with E-state index in [0.717, 1.165) is 27.7 Å². The summed E-state index contributed by atoms with van der Waals surface area (Å²) in [6, 6.07) is 21.6. The highest BCUT2D eigenvalue weighted by Crippen LogP contribution is 2.32. The van der Waals surface area contributed by atoms with Crippen molar-refractivity contribution in [3.63, 3.8) is 0 Å². The van der Waals surface area contributed by atoms with Gasteiger partial charge >= 0.3 is 0 Å². The molecule has 4 nitrogen and oxygen atoms in total. The lowest BCUT2D eigenvalue weighted by atomic mass is 10.1. The van der Waals surface area contributed by atoms with Crippen molar-refractivity contribution in [1.82, 2.24) is 0 Å². The molecule has 1 saturated heterocycles. The fourth-order valence-electron chi connectivity index (χ4n) is 3.44. The molecule has 3 aromatic carbocycles. The van der Waals surface area contributed by atoms with Crippen molar-refractivity contribution < 1.29 is 9.59 Å². The average molecular weight is 344 g/mol. The quantitative estimate of drug-likeness (QED) is 0.776. The van der Waals surface area contributed by atoms with Crippen molar-refractivity contribution in [3.8, 4) is 0 Å². The molecule has 0 bridgehead atoms. The van der Waals surface area contributed by atoms with Gasteiger partial charge in [-0.15, -0.1) is 0 Å². The highest BCUT2D eigenvalue weighted by molar-refractivity contribution is 6.08. The number of nitrogens with one attached hydrogen (secondary N) is 1. The lowest BCUT2D eigenvalue weighted by Crippen LogP contribution is -2.28. The van der Waals surface area contributed by atoms with E-state index in [1.807, 2.05) is 73.7 Å². The van der Waals surface area contributed by atoms with Gasteiger partial charge in [0.05, 0.1) is 11.6 Å². The van der Waals surface area contributed by atoms with Gasteiger partial charge in [0.25, 0.3) is 0 Å². The minimum atomic E-state index is -0.345. The van der Waals surface area contributed by atoms with E-state index in [-0.39, 0.29) is 24.2 Å². The van der Waals surface area contributed by atoms with E-state index < -0.39 is 0 Å². The molecular weight excluding hydrogens is 324 g/mol. The second-order valence-corrected chi connectivity index (χ2v) is 6.76. The number of anilines is 2. The highest BCUT2D eigenvalue weighted by atomic mass is 16.2. The van der Waals surface area contributed by atoms with Crippen LogP contribution in [-0.2, 0) is 9.59 Å². The number of carbonyl (C=O) groups excluding carboxylic acids is 2. The largest absolute Gasteiger partial charge is 0.326 e. The first-order valence-electron chi connectivity index (χ1n) is 8.77. The number of rotatable bonds is 3. The summed E-state index contributed by atoms with van der Waals surface area (Å²) >= 11 is 0.